The third-order valence-electron chi connectivity index (χ3n) is 5.69. The van der Waals surface area contributed by atoms with Crippen molar-refractivity contribution in [2.75, 3.05) is 18.4 Å². The minimum Gasteiger partial charge on any atom is -0.451 e. The summed E-state index contributed by atoms with van der Waals surface area (Å²) in [7, 11) is 0. The second-order valence-corrected chi connectivity index (χ2v) is 9.67. The zero-order valence-electron chi connectivity index (χ0n) is 18.5. The van der Waals surface area contributed by atoms with Crippen molar-refractivity contribution in [1.82, 2.24) is 9.88 Å². The number of aromatic nitrogens is 1. The Morgan fingerprint density at radius 1 is 1.21 bits per heavy atom. The molecule has 1 saturated heterocycles. The maximum absolute atomic E-state index is 14.3. The molecule has 0 spiro atoms. The number of carbonyl (C=O) groups excluding carboxylic acids is 1. The largest absolute Gasteiger partial charge is 0.455 e. The number of nitrogens with one attached hydrogen (secondary N) is 1. The van der Waals surface area contributed by atoms with Gasteiger partial charge in [-0.2, -0.15) is 13.2 Å². The quantitative estimate of drug-likeness (QED) is 0.561. The van der Waals surface area contributed by atoms with Crippen molar-refractivity contribution in [3.8, 4) is 5.75 Å². The van der Waals surface area contributed by atoms with Crippen LogP contribution >= 0.6 is 11.6 Å². The SMILES string of the molecule is CC(C)(C)OC(=O)N1CCC(c2cccc3c2OC(c2ccc(Cl)cn2)(C(F)(F)F)N3)CC1. The second-order valence-electron chi connectivity index (χ2n) is 9.23. The van der Waals surface area contributed by atoms with Gasteiger partial charge in [0.2, 0.25) is 0 Å². The van der Waals surface area contributed by atoms with E-state index in [4.69, 9.17) is 21.1 Å². The monoisotopic (exact) mass is 483 g/mol. The molecule has 2 aliphatic rings. The molecule has 1 aromatic heterocycles. The summed E-state index contributed by atoms with van der Waals surface area (Å²) >= 11 is 5.82. The number of para-hydroxylation sites is 1. The molecule has 1 atom stereocenters. The molecule has 6 nitrogen and oxygen atoms in total. The van der Waals surface area contributed by atoms with Crippen LogP contribution in [0.25, 0.3) is 0 Å². The number of fused-ring (bicyclic) bond motifs is 1. The number of pyridine rings is 1. The lowest BCUT2D eigenvalue weighted by Crippen LogP contribution is -2.51. The molecule has 0 aliphatic carbocycles. The van der Waals surface area contributed by atoms with Gasteiger partial charge in [-0.3, -0.25) is 4.98 Å². The number of piperidine rings is 1. The Morgan fingerprint density at radius 3 is 2.48 bits per heavy atom. The Bertz CT molecular complexity index is 1030. The predicted octanol–water partition coefficient (Wildman–Crippen LogP) is 6.07. The average Bonchev–Trinajstić information content (AvgIpc) is 3.14. The first-order valence-electron chi connectivity index (χ1n) is 10.7. The highest BCUT2D eigenvalue weighted by molar-refractivity contribution is 6.30. The molecule has 33 heavy (non-hydrogen) atoms. The number of carbonyl (C=O) groups is 1. The average molecular weight is 484 g/mol. The zero-order chi connectivity index (χ0) is 24.0. The number of nitrogens with zero attached hydrogens (tertiary/aromatic N) is 2. The van der Waals surface area contributed by atoms with Crippen molar-refractivity contribution >= 4 is 23.4 Å². The van der Waals surface area contributed by atoms with Crippen LogP contribution in [-0.4, -0.2) is 40.8 Å². The van der Waals surface area contributed by atoms with Crippen LogP contribution in [0.4, 0.5) is 23.7 Å². The number of amides is 1. The summed E-state index contributed by atoms with van der Waals surface area (Å²) in [6.07, 6.45) is -2.85. The van der Waals surface area contributed by atoms with Crippen molar-refractivity contribution < 1.29 is 27.4 Å². The van der Waals surface area contributed by atoms with E-state index in [9.17, 15) is 18.0 Å². The molecule has 178 valence electrons. The van der Waals surface area contributed by atoms with Crippen LogP contribution in [0.2, 0.25) is 5.02 Å². The summed E-state index contributed by atoms with van der Waals surface area (Å²) in [4.78, 5) is 17.9. The van der Waals surface area contributed by atoms with Gasteiger partial charge in [0.1, 0.15) is 17.0 Å². The summed E-state index contributed by atoms with van der Waals surface area (Å²) in [5, 5.41) is 2.74. The van der Waals surface area contributed by atoms with E-state index < -0.39 is 17.5 Å². The molecule has 0 bridgehead atoms. The van der Waals surface area contributed by atoms with Crippen molar-refractivity contribution in [3.05, 3.63) is 52.8 Å². The molecule has 10 heteroatoms. The zero-order valence-corrected chi connectivity index (χ0v) is 19.3. The Balaban J connectivity index is 1.57. The van der Waals surface area contributed by atoms with Crippen molar-refractivity contribution in [1.29, 1.82) is 0 Å². The lowest BCUT2D eigenvalue weighted by molar-refractivity contribution is -0.239. The number of anilines is 1. The standard InChI is InChI=1S/C23H25ClF3N3O3/c1-21(2,3)33-20(31)30-11-9-14(10-12-30)16-5-4-6-17-19(16)32-22(29-17,23(25,26)27)18-8-7-15(24)13-28-18/h4-8,13-14,29H,9-12H2,1-3H3. The minimum atomic E-state index is -4.79. The van der Waals surface area contributed by atoms with Crippen molar-refractivity contribution in [2.45, 2.75) is 57.0 Å². The highest BCUT2D eigenvalue weighted by Crippen LogP contribution is 2.52. The van der Waals surface area contributed by atoms with Crippen LogP contribution in [0.1, 0.15) is 50.8 Å². The van der Waals surface area contributed by atoms with Crippen LogP contribution < -0.4 is 10.1 Å². The fourth-order valence-corrected chi connectivity index (χ4v) is 4.24. The van der Waals surface area contributed by atoms with E-state index in [-0.39, 0.29) is 34.2 Å². The van der Waals surface area contributed by atoms with Crippen molar-refractivity contribution in [2.24, 2.45) is 0 Å². The van der Waals surface area contributed by atoms with Gasteiger partial charge in [-0.25, -0.2) is 4.79 Å². The van der Waals surface area contributed by atoms with Gasteiger partial charge in [-0.15, -0.1) is 0 Å². The molecular formula is C23H25ClF3N3O3. The molecule has 1 unspecified atom stereocenters. The first-order chi connectivity index (χ1) is 15.4. The molecule has 0 radical (unpaired) electrons. The van der Waals surface area contributed by atoms with Crippen LogP contribution in [0.15, 0.2) is 36.5 Å². The first kappa shape index (κ1) is 23.5. The third-order valence-corrected chi connectivity index (χ3v) is 5.91. The van der Waals surface area contributed by atoms with E-state index in [0.717, 1.165) is 6.20 Å². The number of halogens is 4. The van der Waals surface area contributed by atoms with Crippen LogP contribution in [0, 0.1) is 0 Å². The second kappa shape index (κ2) is 8.27. The molecule has 0 saturated carbocycles. The highest BCUT2D eigenvalue weighted by Gasteiger charge is 2.63. The molecule has 3 heterocycles. The molecular weight excluding hydrogens is 459 g/mol. The summed E-state index contributed by atoms with van der Waals surface area (Å²) in [5.74, 6) is 0.0879. The van der Waals surface area contributed by atoms with Crippen LogP contribution in [0.5, 0.6) is 5.75 Å². The van der Waals surface area contributed by atoms with Gasteiger partial charge in [0, 0.05) is 19.3 Å². The highest BCUT2D eigenvalue weighted by atomic mass is 35.5. The van der Waals surface area contributed by atoms with E-state index in [1.807, 2.05) is 0 Å². The Labute approximate surface area is 195 Å². The number of benzene rings is 1. The lowest BCUT2D eigenvalue weighted by Gasteiger charge is -2.34. The van der Waals surface area contributed by atoms with E-state index in [1.54, 1.807) is 43.9 Å². The van der Waals surface area contributed by atoms with Gasteiger partial charge in [0.05, 0.1) is 10.7 Å². The molecule has 1 N–H and O–H groups in total. The van der Waals surface area contributed by atoms with Gasteiger partial charge in [-0.1, -0.05) is 23.7 Å². The Kier molecular flexibility index (Phi) is 5.88. The molecule has 2 aromatic rings. The van der Waals surface area contributed by atoms with E-state index in [0.29, 0.717) is 31.5 Å². The third kappa shape index (κ3) is 4.55. The summed E-state index contributed by atoms with van der Waals surface area (Å²) < 4.78 is 54.0. The van der Waals surface area contributed by atoms with E-state index in [2.05, 4.69) is 10.3 Å². The smallest absolute Gasteiger partial charge is 0.451 e. The van der Waals surface area contributed by atoms with Gasteiger partial charge in [0.15, 0.2) is 0 Å². The van der Waals surface area contributed by atoms with E-state index in [1.165, 1.54) is 12.1 Å². The normalized spacial score (nSPS) is 21.2. The van der Waals surface area contributed by atoms with Crippen LogP contribution in [0.3, 0.4) is 0 Å². The fourth-order valence-electron chi connectivity index (χ4n) is 4.13. The predicted molar refractivity (Wildman–Crippen MR) is 117 cm³/mol. The maximum atomic E-state index is 14.3. The number of likely N-dealkylation sites (tertiary alicyclic amines) is 1. The number of alkyl halides is 3. The Morgan fingerprint density at radius 2 is 1.91 bits per heavy atom. The number of ether oxygens (including phenoxy) is 2. The maximum Gasteiger partial charge on any atom is 0.455 e. The molecule has 4 rings (SSSR count). The minimum absolute atomic E-state index is 0.0670. The van der Waals surface area contributed by atoms with Crippen molar-refractivity contribution in [3.63, 3.8) is 0 Å². The molecule has 2 aliphatic heterocycles. The topological polar surface area (TPSA) is 63.7 Å². The number of hydrogen-bond donors (Lipinski definition) is 1. The van der Waals surface area contributed by atoms with Gasteiger partial charge in [0.25, 0.3) is 0 Å². The number of rotatable bonds is 2. The first-order valence-corrected chi connectivity index (χ1v) is 11.0. The van der Waals surface area contributed by atoms with Gasteiger partial charge < -0.3 is 19.7 Å². The van der Waals surface area contributed by atoms with E-state index >= 15 is 0 Å². The molecule has 1 amide bonds. The van der Waals surface area contributed by atoms with Gasteiger partial charge in [-0.05, 0) is 63.3 Å². The van der Waals surface area contributed by atoms with Gasteiger partial charge >= 0.3 is 18.0 Å². The lowest BCUT2D eigenvalue weighted by atomic mass is 9.88. The molecule has 1 fully saturated rings. The number of hydrogen-bond acceptors (Lipinski definition) is 5. The summed E-state index contributed by atoms with van der Waals surface area (Å²) in [6, 6.07) is 7.58. The molecule has 1 aromatic carbocycles. The summed E-state index contributed by atoms with van der Waals surface area (Å²) in [5.41, 5.74) is -2.82. The Hall–Kier alpha value is -2.68. The summed E-state index contributed by atoms with van der Waals surface area (Å²) in [6.45, 7) is 6.30. The fraction of sp³-hybridized carbons (Fsp3) is 0.478. The van der Waals surface area contributed by atoms with Crippen LogP contribution in [-0.2, 0) is 10.5 Å².